The number of allylic oxidation sites excluding steroid dienone is 1. The van der Waals surface area contributed by atoms with E-state index in [1.807, 2.05) is 17.7 Å². The average molecular weight is 476 g/mol. The lowest BCUT2D eigenvalue weighted by Gasteiger charge is -2.35. The first-order valence-electron chi connectivity index (χ1n) is 13.4. The lowest BCUT2D eigenvalue weighted by Crippen LogP contribution is -2.27. The number of aryl methyl sites for hydroxylation is 1. The molecule has 0 amide bonds. The fourth-order valence-corrected chi connectivity index (χ4v) is 5.69. The highest BCUT2D eigenvalue weighted by molar-refractivity contribution is 6.07. The van der Waals surface area contributed by atoms with Crippen LogP contribution in [-0.2, 0) is 17.7 Å². The maximum absolute atomic E-state index is 13.3. The van der Waals surface area contributed by atoms with Crippen LogP contribution in [0.2, 0.25) is 0 Å². The second-order valence-electron chi connectivity index (χ2n) is 10.5. The van der Waals surface area contributed by atoms with Gasteiger partial charge in [0.25, 0.3) is 0 Å². The normalized spacial score (nSPS) is 19.6. The number of aromatic nitrogens is 3. The van der Waals surface area contributed by atoms with Crippen molar-refractivity contribution in [2.75, 3.05) is 6.61 Å². The van der Waals surface area contributed by atoms with Gasteiger partial charge in [0.2, 0.25) is 0 Å². The number of H-pyrrole nitrogens is 1. The van der Waals surface area contributed by atoms with Gasteiger partial charge in [-0.3, -0.25) is 0 Å². The minimum atomic E-state index is -0.244. The van der Waals surface area contributed by atoms with Crippen LogP contribution in [0.4, 0.5) is 0 Å². The molecule has 2 unspecified atom stereocenters. The van der Waals surface area contributed by atoms with Crippen LogP contribution in [0.1, 0.15) is 92.9 Å². The molecule has 5 nitrogen and oxygen atoms in total. The number of rotatable bonds is 11. The highest BCUT2D eigenvalue weighted by atomic mass is 16.5. The van der Waals surface area contributed by atoms with Crippen molar-refractivity contribution in [2.45, 2.75) is 85.6 Å². The smallest absolute Gasteiger partial charge is 0.340 e. The fraction of sp³-hybridized carbons (Fsp3) is 0.533. The molecular formula is C30H41N3O2. The molecule has 5 heteroatoms. The Kier molecular flexibility index (Phi) is 8.15. The summed E-state index contributed by atoms with van der Waals surface area (Å²) < 4.78 is 7.66. The van der Waals surface area contributed by atoms with Crippen molar-refractivity contribution in [1.29, 1.82) is 0 Å². The van der Waals surface area contributed by atoms with Crippen molar-refractivity contribution >= 4 is 22.9 Å². The van der Waals surface area contributed by atoms with E-state index in [1.165, 1.54) is 56.1 Å². The van der Waals surface area contributed by atoms with E-state index < -0.39 is 0 Å². The van der Waals surface area contributed by atoms with Gasteiger partial charge < -0.3 is 14.3 Å². The largest absolute Gasteiger partial charge is 0.460 e. The summed E-state index contributed by atoms with van der Waals surface area (Å²) in [5.74, 6) is 0.314. The molecule has 2 atom stereocenters. The molecule has 1 aliphatic rings. The van der Waals surface area contributed by atoms with Crippen LogP contribution in [-0.4, -0.2) is 27.1 Å². The molecule has 0 spiro atoms. The van der Waals surface area contributed by atoms with Crippen LogP contribution in [0.25, 0.3) is 17.0 Å². The van der Waals surface area contributed by atoms with Crippen LogP contribution in [0.15, 0.2) is 36.9 Å². The Bertz CT molecular complexity index is 1160. The first-order chi connectivity index (χ1) is 17.0. The summed E-state index contributed by atoms with van der Waals surface area (Å²) in [7, 11) is 0. The predicted molar refractivity (Wildman–Crippen MR) is 144 cm³/mol. The molecular weight excluding hydrogens is 434 g/mol. The summed E-state index contributed by atoms with van der Waals surface area (Å²) in [6.07, 6.45) is 19.8. The van der Waals surface area contributed by atoms with Gasteiger partial charge in [-0.15, -0.1) is 0 Å². The van der Waals surface area contributed by atoms with Gasteiger partial charge in [0, 0.05) is 29.0 Å². The van der Waals surface area contributed by atoms with Gasteiger partial charge in [-0.05, 0) is 54.7 Å². The predicted octanol–water partition coefficient (Wildman–Crippen LogP) is 7.49. The number of carbonyl (C=O) groups is 1. The van der Waals surface area contributed by atoms with Gasteiger partial charge in [0.1, 0.15) is 6.61 Å². The van der Waals surface area contributed by atoms with Crippen molar-refractivity contribution in [2.24, 2.45) is 11.3 Å². The number of unbranched alkanes of at least 4 members (excludes halogenated alkanes) is 3. The summed E-state index contributed by atoms with van der Waals surface area (Å²) in [5.41, 5.74) is 5.31. The van der Waals surface area contributed by atoms with Crippen LogP contribution in [0.3, 0.4) is 0 Å². The Labute approximate surface area is 210 Å². The van der Waals surface area contributed by atoms with Gasteiger partial charge >= 0.3 is 5.97 Å². The first kappa shape index (κ1) is 25.3. The Hall–Kier alpha value is -2.82. The van der Waals surface area contributed by atoms with Crippen molar-refractivity contribution in [3.05, 3.63) is 59.3 Å². The van der Waals surface area contributed by atoms with E-state index in [9.17, 15) is 4.79 Å². The van der Waals surface area contributed by atoms with Gasteiger partial charge in [-0.1, -0.05) is 71.1 Å². The van der Waals surface area contributed by atoms with E-state index in [0.29, 0.717) is 24.6 Å². The number of hydrogen-bond acceptors (Lipinski definition) is 3. The molecule has 0 radical (unpaired) electrons. The van der Waals surface area contributed by atoms with Gasteiger partial charge in [0.15, 0.2) is 0 Å². The van der Waals surface area contributed by atoms with E-state index >= 15 is 0 Å². The molecule has 0 saturated heterocycles. The molecule has 35 heavy (non-hydrogen) atoms. The Balaban J connectivity index is 1.66. The molecule has 4 rings (SSSR count). The molecule has 0 bridgehead atoms. The summed E-state index contributed by atoms with van der Waals surface area (Å²) >= 11 is 0. The third-order valence-corrected chi connectivity index (χ3v) is 7.89. The molecule has 188 valence electrons. The molecule has 0 aliphatic heterocycles. The maximum Gasteiger partial charge on any atom is 0.340 e. The molecule has 2 heterocycles. The quantitative estimate of drug-likeness (QED) is 0.231. The monoisotopic (exact) mass is 475 g/mol. The van der Waals surface area contributed by atoms with E-state index in [0.717, 1.165) is 23.0 Å². The van der Waals surface area contributed by atoms with E-state index in [-0.39, 0.29) is 11.4 Å². The van der Waals surface area contributed by atoms with E-state index in [4.69, 9.17) is 4.74 Å². The molecule has 1 aliphatic carbocycles. The number of benzene rings is 1. The Morgan fingerprint density at radius 2 is 2.06 bits per heavy atom. The zero-order chi connectivity index (χ0) is 24.8. The molecule has 1 aromatic carbocycles. The molecule has 2 aromatic heterocycles. The van der Waals surface area contributed by atoms with Crippen molar-refractivity contribution in [3.8, 4) is 0 Å². The zero-order valence-corrected chi connectivity index (χ0v) is 21.9. The van der Waals surface area contributed by atoms with Crippen LogP contribution < -0.4 is 0 Å². The average Bonchev–Trinajstić information content (AvgIpc) is 3.44. The maximum atomic E-state index is 13.3. The third kappa shape index (κ3) is 5.55. The number of esters is 1. The van der Waals surface area contributed by atoms with Gasteiger partial charge in [-0.2, -0.15) is 0 Å². The number of imidazole rings is 1. The second-order valence-corrected chi connectivity index (χ2v) is 10.5. The third-order valence-electron chi connectivity index (χ3n) is 7.89. The molecule has 0 saturated carbocycles. The zero-order valence-electron chi connectivity index (χ0n) is 21.9. The number of ether oxygens (including phenoxy) is 1. The van der Waals surface area contributed by atoms with Crippen LogP contribution in [0.5, 0.6) is 0 Å². The van der Waals surface area contributed by atoms with E-state index in [2.05, 4.69) is 55.0 Å². The highest BCUT2D eigenvalue weighted by Crippen LogP contribution is 2.45. The lowest BCUT2D eigenvalue weighted by molar-refractivity contribution is 0.0493. The minimum absolute atomic E-state index is 0.173. The molecule has 3 aromatic rings. The molecule has 0 fully saturated rings. The summed E-state index contributed by atoms with van der Waals surface area (Å²) in [6.45, 7) is 9.91. The summed E-state index contributed by atoms with van der Waals surface area (Å²) in [6, 6.07) is 4.33. The standard InChI is InChI=1S/C30H41N3O2/c1-5-7-9-14-30(4)15-13-23-11-12-26-28(25(23)20-24(30)10-8-6-2)27(22(3)32-26)29(34)35-19-18-33-17-16-31-21-33/h11-13,15-17,21,24,32H,5-10,14,18-20H2,1-4H3. The first-order valence-corrected chi connectivity index (χ1v) is 13.4. The fourth-order valence-electron chi connectivity index (χ4n) is 5.69. The van der Waals surface area contributed by atoms with Crippen molar-refractivity contribution in [3.63, 3.8) is 0 Å². The number of carbonyl (C=O) groups excluding carboxylic acids is 1. The SMILES string of the molecule is CCCCCC1(C)C=Cc2ccc3[nH]c(C)c(C(=O)OCCn4ccnc4)c3c2CC1CCCC. The van der Waals surface area contributed by atoms with Crippen LogP contribution >= 0.6 is 0 Å². The lowest BCUT2D eigenvalue weighted by atomic mass is 9.69. The van der Waals surface area contributed by atoms with E-state index in [1.54, 1.807) is 12.5 Å². The Morgan fingerprint density at radius 1 is 1.23 bits per heavy atom. The number of nitrogens with zero attached hydrogens (tertiary/aromatic N) is 2. The number of fused-ring (bicyclic) bond motifs is 3. The molecule has 1 N–H and O–H groups in total. The Morgan fingerprint density at radius 3 is 2.80 bits per heavy atom. The summed E-state index contributed by atoms with van der Waals surface area (Å²) in [4.78, 5) is 20.8. The van der Waals surface area contributed by atoms with Crippen molar-refractivity contribution in [1.82, 2.24) is 14.5 Å². The number of aromatic amines is 1. The summed E-state index contributed by atoms with van der Waals surface area (Å²) in [5, 5.41) is 1.05. The van der Waals surface area contributed by atoms with Crippen LogP contribution in [0, 0.1) is 18.3 Å². The highest BCUT2D eigenvalue weighted by Gasteiger charge is 2.34. The number of hydrogen-bond donors (Lipinski definition) is 1. The van der Waals surface area contributed by atoms with Gasteiger partial charge in [-0.25, -0.2) is 9.78 Å². The topological polar surface area (TPSA) is 59.9 Å². The van der Waals surface area contributed by atoms with Crippen molar-refractivity contribution < 1.29 is 9.53 Å². The van der Waals surface area contributed by atoms with Gasteiger partial charge in [0.05, 0.1) is 18.4 Å². The minimum Gasteiger partial charge on any atom is -0.460 e. The second kappa shape index (κ2) is 11.3. The number of nitrogens with one attached hydrogen (secondary N) is 1.